The van der Waals surface area contributed by atoms with E-state index in [9.17, 15) is 30.3 Å². The van der Waals surface area contributed by atoms with Gasteiger partial charge in [-0.25, -0.2) is 4.79 Å². The first-order valence-corrected chi connectivity index (χ1v) is 16.4. The molecule has 0 amide bonds. The highest BCUT2D eigenvalue weighted by Crippen LogP contribution is 2.86. The zero-order valence-corrected chi connectivity index (χ0v) is 24.9. The van der Waals surface area contributed by atoms with Gasteiger partial charge in [0.1, 0.15) is 24.1 Å². The third-order valence-electron chi connectivity index (χ3n) is 9.65. The van der Waals surface area contributed by atoms with Crippen molar-refractivity contribution in [3.8, 4) is 5.75 Å². The molecule has 218 valence electrons. The van der Waals surface area contributed by atoms with E-state index in [-0.39, 0.29) is 16.5 Å². The Morgan fingerprint density at radius 3 is 2.44 bits per heavy atom. The number of aliphatic carboxylic acids is 1. The lowest BCUT2D eigenvalue weighted by molar-refractivity contribution is -0.271. The second-order valence-electron chi connectivity index (χ2n) is 12.1. The van der Waals surface area contributed by atoms with Crippen LogP contribution in [0.5, 0.6) is 5.75 Å². The molecule has 2 heterocycles. The molecule has 4 aliphatic rings. The zero-order chi connectivity index (χ0) is 28.2. The van der Waals surface area contributed by atoms with Crippen LogP contribution in [0.4, 0.5) is 0 Å². The summed E-state index contributed by atoms with van der Waals surface area (Å²) in [4.78, 5) is 13.6. The van der Waals surface area contributed by atoms with E-state index in [2.05, 4.69) is 11.8 Å². The topological polar surface area (TPSA) is 140 Å². The van der Waals surface area contributed by atoms with Crippen LogP contribution in [-0.2, 0) is 9.53 Å². The second-order valence-corrected chi connectivity index (χ2v) is 16.5. The van der Waals surface area contributed by atoms with E-state index in [1.807, 2.05) is 26.2 Å². The molecule has 2 aliphatic heterocycles. The van der Waals surface area contributed by atoms with Crippen molar-refractivity contribution in [1.29, 1.82) is 0 Å². The molecular formula is C28H43NO8P2. The van der Waals surface area contributed by atoms with Gasteiger partial charge in [0.05, 0.1) is 5.60 Å². The smallest absolute Gasteiger partial charge is 0.335 e. The lowest BCUT2D eigenvalue weighted by atomic mass is 9.81. The van der Waals surface area contributed by atoms with Gasteiger partial charge in [0, 0.05) is 23.0 Å². The van der Waals surface area contributed by atoms with Gasteiger partial charge in [0.15, 0.2) is 6.10 Å². The van der Waals surface area contributed by atoms with E-state index in [1.165, 1.54) is 25.4 Å². The van der Waals surface area contributed by atoms with Gasteiger partial charge in [-0.3, -0.25) is 0 Å². The number of aliphatic hydroxyl groups excluding tert-OH is 3. The van der Waals surface area contributed by atoms with Gasteiger partial charge in [-0.1, -0.05) is 38.3 Å². The summed E-state index contributed by atoms with van der Waals surface area (Å²) in [5.41, 5.74) is 0.211. The van der Waals surface area contributed by atoms with Crippen molar-refractivity contribution in [1.82, 2.24) is 4.90 Å². The highest BCUT2D eigenvalue weighted by Gasteiger charge is 2.87. The second kappa shape index (κ2) is 11.1. The minimum Gasteiger partial charge on any atom is -0.479 e. The average Bonchev–Trinajstić information content (AvgIpc) is 3.44. The number of carbonyl (C=O) groups is 1. The molecule has 0 bridgehead atoms. The number of rotatable bonds is 7. The summed E-state index contributed by atoms with van der Waals surface area (Å²) in [6.07, 6.45) is -0.212. The Morgan fingerprint density at radius 1 is 1.08 bits per heavy atom. The fraction of sp³-hybridized carbons (Fsp3) is 0.750. The van der Waals surface area contributed by atoms with Crippen molar-refractivity contribution in [2.45, 2.75) is 98.2 Å². The number of ether oxygens (including phenoxy) is 2. The fourth-order valence-corrected chi connectivity index (χ4v) is 12.8. The summed E-state index contributed by atoms with van der Waals surface area (Å²) < 4.78 is 11.0. The molecule has 2 aliphatic carbocycles. The Hall–Kier alpha value is -0.890. The monoisotopic (exact) mass is 583 g/mol. The van der Waals surface area contributed by atoms with E-state index in [4.69, 9.17) is 9.47 Å². The summed E-state index contributed by atoms with van der Waals surface area (Å²) in [5, 5.41) is 53.2. The average molecular weight is 584 g/mol. The predicted molar refractivity (Wildman–Crippen MR) is 151 cm³/mol. The fourth-order valence-electron chi connectivity index (χ4n) is 7.91. The number of hydrogen-bond acceptors (Lipinski definition) is 8. The lowest BCUT2D eigenvalue weighted by Gasteiger charge is -2.38. The number of carboxylic acids is 1. The molecule has 0 radical (unpaired) electrons. The summed E-state index contributed by atoms with van der Waals surface area (Å²) in [5.74, 6) is -1.20. The summed E-state index contributed by atoms with van der Waals surface area (Å²) in [6.45, 7) is 3.08. The standard InChI is InChI=1S/C28H43NO8P2/c1-16-38-14-13-26-11-5-4-6-12-27(26,39-16)28(26,35)19(15-29(2)3)17-7-9-18(10-8-17)36-25-22(32)20(30)21(31)23(37-25)24(33)34/h7-10,16,19-23,25,30-32,35,38-39H,4-6,11-15H2,1-3H3,(H,33,34)/t16-,19?,20?,21?,22?,23?,25?,26+,27?,28?/m1/s1. The normalized spacial score (nSPS) is 44.2. The molecule has 12 atom stereocenters. The minimum atomic E-state index is -1.77. The maximum atomic E-state index is 12.9. The van der Waals surface area contributed by atoms with Crippen molar-refractivity contribution in [2.75, 3.05) is 26.8 Å². The molecule has 2 saturated carbocycles. The molecule has 11 heteroatoms. The molecule has 2 saturated heterocycles. The Balaban J connectivity index is 1.42. The van der Waals surface area contributed by atoms with E-state index in [0.29, 0.717) is 11.1 Å². The Bertz CT molecular complexity index is 1040. The first-order chi connectivity index (χ1) is 18.5. The highest BCUT2D eigenvalue weighted by molar-refractivity contribution is 7.59. The van der Waals surface area contributed by atoms with Gasteiger partial charge >= 0.3 is 5.97 Å². The van der Waals surface area contributed by atoms with Crippen LogP contribution in [0.3, 0.4) is 0 Å². The van der Waals surface area contributed by atoms with E-state index in [0.717, 1.165) is 48.5 Å². The molecule has 5 N–H and O–H groups in total. The highest BCUT2D eigenvalue weighted by atomic mass is 31.1. The van der Waals surface area contributed by atoms with Crippen LogP contribution in [0.25, 0.3) is 0 Å². The quantitative estimate of drug-likeness (QED) is 0.306. The minimum absolute atomic E-state index is 0.0296. The van der Waals surface area contributed by atoms with Crippen LogP contribution < -0.4 is 4.74 Å². The van der Waals surface area contributed by atoms with Gasteiger partial charge in [0.25, 0.3) is 0 Å². The number of hydrogen-bond donors (Lipinski definition) is 5. The van der Waals surface area contributed by atoms with Gasteiger partial charge < -0.3 is 39.9 Å². The van der Waals surface area contributed by atoms with Crippen molar-refractivity contribution >= 4 is 23.1 Å². The number of benzene rings is 1. The van der Waals surface area contributed by atoms with E-state index < -0.39 is 42.3 Å². The number of likely N-dealkylation sites (N-methyl/N-ethyl adjacent to an activating group) is 1. The molecule has 5 rings (SSSR count). The molecule has 0 spiro atoms. The SMILES string of the molecule is C[C@@H]1PCC[C@@]23CCCCCC2(P1)C3(O)C(CN(C)C)c1ccc(OC2OC(C(=O)O)C(O)C(O)C2O)cc1. The van der Waals surface area contributed by atoms with Gasteiger partial charge in [-0.2, -0.15) is 0 Å². The van der Waals surface area contributed by atoms with Crippen molar-refractivity contribution < 1.29 is 39.8 Å². The summed E-state index contributed by atoms with van der Waals surface area (Å²) in [6, 6.07) is 7.35. The van der Waals surface area contributed by atoms with E-state index >= 15 is 0 Å². The molecule has 1 aromatic rings. The van der Waals surface area contributed by atoms with Crippen LogP contribution in [0.15, 0.2) is 24.3 Å². The largest absolute Gasteiger partial charge is 0.479 e. The number of carboxylic acid groups (broad SMARTS) is 1. The van der Waals surface area contributed by atoms with Gasteiger partial charge in [-0.05, 0) is 62.6 Å². The van der Waals surface area contributed by atoms with Gasteiger partial charge in [0.2, 0.25) is 6.29 Å². The van der Waals surface area contributed by atoms with Crippen LogP contribution >= 0.6 is 17.2 Å². The first-order valence-electron chi connectivity index (χ1n) is 14.0. The summed E-state index contributed by atoms with van der Waals surface area (Å²) in [7, 11) is 5.83. The number of aliphatic hydroxyl groups is 4. The molecule has 10 unspecified atom stereocenters. The molecule has 0 aromatic heterocycles. The van der Waals surface area contributed by atoms with Crippen molar-refractivity contribution in [3.63, 3.8) is 0 Å². The molecule has 4 fully saturated rings. The maximum absolute atomic E-state index is 12.9. The summed E-state index contributed by atoms with van der Waals surface area (Å²) >= 11 is 0. The van der Waals surface area contributed by atoms with Crippen LogP contribution in [0.1, 0.15) is 56.9 Å². The van der Waals surface area contributed by atoms with Crippen molar-refractivity contribution in [3.05, 3.63) is 29.8 Å². The first kappa shape index (κ1) is 29.6. The zero-order valence-electron chi connectivity index (χ0n) is 22.9. The van der Waals surface area contributed by atoms with Gasteiger partial charge in [-0.15, -0.1) is 17.2 Å². The lowest BCUT2D eigenvalue weighted by Crippen LogP contribution is -2.61. The maximum Gasteiger partial charge on any atom is 0.335 e. The Morgan fingerprint density at radius 2 is 1.77 bits per heavy atom. The van der Waals surface area contributed by atoms with Crippen LogP contribution in [0.2, 0.25) is 0 Å². The molecular weight excluding hydrogens is 540 g/mol. The third-order valence-corrected chi connectivity index (χ3v) is 13.9. The van der Waals surface area contributed by atoms with Crippen LogP contribution in [0, 0.1) is 5.41 Å². The molecule has 39 heavy (non-hydrogen) atoms. The molecule has 1 aromatic carbocycles. The van der Waals surface area contributed by atoms with Crippen molar-refractivity contribution in [2.24, 2.45) is 5.41 Å². The number of nitrogens with zero attached hydrogens (tertiary/aromatic N) is 1. The predicted octanol–water partition coefficient (Wildman–Crippen LogP) is 2.14. The van der Waals surface area contributed by atoms with E-state index in [1.54, 1.807) is 12.1 Å². The Labute approximate surface area is 233 Å². The van der Waals surface area contributed by atoms with Crippen LogP contribution in [-0.4, -0.2) is 110 Å². The third kappa shape index (κ3) is 4.75. The Kier molecular flexibility index (Phi) is 8.40. The molecule has 9 nitrogen and oxygen atoms in total.